The number of hydrogen-bond acceptors (Lipinski definition) is 7. The molecular formula is C18H25N6PS. The van der Waals surface area contributed by atoms with Crippen LogP contribution in [0.2, 0.25) is 0 Å². The zero-order valence-corrected chi connectivity index (χ0v) is 17.1. The molecular weight excluding hydrogens is 363 g/mol. The van der Waals surface area contributed by atoms with Crippen LogP contribution in [0.1, 0.15) is 23.5 Å². The average Bonchev–Trinajstić information content (AvgIpc) is 3.16. The molecule has 2 aliphatic rings. The molecule has 8 heteroatoms. The molecule has 0 spiro atoms. The Hall–Kier alpha value is -1.40. The van der Waals surface area contributed by atoms with Crippen LogP contribution in [0.4, 0.5) is 10.8 Å². The summed E-state index contributed by atoms with van der Waals surface area (Å²) in [4.78, 5) is 9.45. The highest BCUT2D eigenvalue weighted by Crippen LogP contribution is 2.29. The third-order valence-corrected chi connectivity index (χ3v) is 7.19. The summed E-state index contributed by atoms with van der Waals surface area (Å²) in [7, 11) is 2.79. The van der Waals surface area contributed by atoms with E-state index >= 15 is 0 Å². The summed E-state index contributed by atoms with van der Waals surface area (Å²) in [6, 6.07) is 7.24. The van der Waals surface area contributed by atoms with E-state index in [1.54, 1.807) is 11.3 Å². The molecule has 3 heterocycles. The van der Waals surface area contributed by atoms with Crippen molar-refractivity contribution < 1.29 is 0 Å². The molecule has 26 heavy (non-hydrogen) atoms. The van der Waals surface area contributed by atoms with E-state index in [2.05, 4.69) is 55.4 Å². The fraction of sp³-hybridized carbons (Fsp3) is 0.500. The standard InChI is InChI=1S/C18H25N6PS/c1-13(14-3-4-15-16(11-14)25-10-5-20-15)23-6-8-24(9-7-23)18-22-21-17(26-18)12-19-2/h3-5,11,13,19,25H,6-10,12H2,1-2H3. The van der Waals surface area contributed by atoms with Crippen molar-refractivity contribution in [3.05, 3.63) is 28.8 Å². The van der Waals surface area contributed by atoms with Crippen molar-refractivity contribution in [1.29, 1.82) is 0 Å². The van der Waals surface area contributed by atoms with Gasteiger partial charge in [0.2, 0.25) is 5.13 Å². The van der Waals surface area contributed by atoms with Crippen LogP contribution in [0.15, 0.2) is 23.2 Å². The SMILES string of the molecule is CNCc1nnc(N2CCN(C(C)c3ccc4c(c3)PCC=N4)CC2)s1. The van der Waals surface area contributed by atoms with Gasteiger partial charge in [0.1, 0.15) is 5.01 Å². The minimum absolute atomic E-state index is 0.437. The van der Waals surface area contributed by atoms with E-state index in [-0.39, 0.29) is 0 Å². The molecule has 138 valence electrons. The van der Waals surface area contributed by atoms with Gasteiger partial charge in [-0.15, -0.1) is 10.2 Å². The molecule has 0 aliphatic carbocycles. The van der Waals surface area contributed by atoms with Crippen molar-refractivity contribution >= 4 is 42.3 Å². The number of nitrogens with one attached hydrogen (secondary N) is 1. The number of aliphatic imine (C=N–C) groups is 1. The molecule has 0 saturated carbocycles. The third-order valence-electron chi connectivity index (χ3n) is 5.03. The van der Waals surface area contributed by atoms with Gasteiger partial charge in [0.25, 0.3) is 0 Å². The molecule has 1 N–H and O–H groups in total. The molecule has 4 rings (SSSR count). The van der Waals surface area contributed by atoms with Crippen LogP contribution >= 0.6 is 19.9 Å². The summed E-state index contributed by atoms with van der Waals surface area (Å²) in [5.41, 5.74) is 2.57. The molecule has 1 fully saturated rings. The lowest BCUT2D eigenvalue weighted by atomic mass is 10.1. The minimum Gasteiger partial charge on any atom is -0.344 e. The summed E-state index contributed by atoms with van der Waals surface area (Å²) in [6.07, 6.45) is 3.12. The molecule has 2 unspecified atom stereocenters. The Morgan fingerprint density at radius 3 is 2.88 bits per heavy atom. The van der Waals surface area contributed by atoms with Crippen molar-refractivity contribution in [3.63, 3.8) is 0 Å². The largest absolute Gasteiger partial charge is 0.344 e. The fourth-order valence-electron chi connectivity index (χ4n) is 3.47. The fourth-order valence-corrected chi connectivity index (χ4v) is 5.38. The highest BCUT2D eigenvalue weighted by Gasteiger charge is 2.24. The molecule has 2 aliphatic heterocycles. The van der Waals surface area contributed by atoms with Crippen LogP contribution in [0.5, 0.6) is 0 Å². The van der Waals surface area contributed by atoms with Gasteiger partial charge in [-0.1, -0.05) is 26.0 Å². The topological polar surface area (TPSA) is 56.7 Å². The van der Waals surface area contributed by atoms with Gasteiger partial charge < -0.3 is 10.2 Å². The molecule has 2 atom stereocenters. The Labute approximate surface area is 160 Å². The lowest BCUT2D eigenvalue weighted by Crippen LogP contribution is -2.47. The summed E-state index contributed by atoms with van der Waals surface area (Å²) < 4.78 is 0. The number of piperazine rings is 1. The number of hydrogen-bond donors (Lipinski definition) is 1. The minimum atomic E-state index is 0.437. The normalized spacial score (nSPS) is 19.7. The average molecular weight is 388 g/mol. The predicted octanol–water partition coefficient (Wildman–Crippen LogP) is 2.16. The van der Waals surface area contributed by atoms with Crippen LogP contribution in [0.25, 0.3) is 0 Å². The maximum atomic E-state index is 4.51. The van der Waals surface area contributed by atoms with E-state index in [1.807, 2.05) is 13.3 Å². The number of rotatable bonds is 5. The number of anilines is 1. The Kier molecular flexibility index (Phi) is 5.60. The van der Waals surface area contributed by atoms with Crippen LogP contribution in [-0.4, -0.2) is 60.7 Å². The second-order valence-electron chi connectivity index (χ2n) is 6.68. The number of fused-ring (bicyclic) bond motifs is 1. The molecule has 0 bridgehead atoms. The van der Waals surface area contributed by atoms with E-state index in [9.17, 15) is 0 Å². The molecule has 0 radical (unpaired) electrons. The van der Waals surface area contributed by atoms with Crippen LogP contribution < -0.4 is 15.5 Å². The Balaban J connectivity index is 1.38. The smallest absolute Gasteiger partial charge is 0.208 e. The lowest BCUT2D eigenvalue weighted by molar-refractivity contribution is 0.198. The quantitative estimate of drug-likeness (QED) is 0.796. The molecule has 1 aromatic carbocycles. The van der Waals surface area contributed by atoms with Crippen molar-refractivity contribution in [1.82, 2.24) is 20.4 Å². The van der Waals surface area contributed by atoms with Gasteiger partial charge in [-0.2, -0.15) is 0 Å². The van der Waals surface area contributed by atoms with Crippen molar-refractivity contribution in [2.24, 2.45) is 4.99 Å². The Morgan fingerprint density at radius 1 is 1.23 bits per heavy atom. The second-order valence-corrected chi connectivity index (χ2v) is 9.02. The Bertz CT molecular complexity index is 784. The first-order valence-electron chi connectivity index (χ1n) is 9.11. The molecule has 0 amide bonds. The van der Waals surface area contributed by atoms with E-state index in [1.165, 1.54) is 10.9 Å². The van der Waals surface area contributed by atoms with Crippen LogP contribution in [0, 0.1) is 0 Å². The summed E-state index contributed by atoms with van der Waals surface area (Å²) in [5.74, 6) is 0. The zero-order chi connectivity index (χ0) is 17.9. The van der Waals surface area contributed by atoms with Gasteiger partial charge in [-0.3, -0.25) is 9.89 Å². The van der Waals surface area contributed by atoms with E-state index in [0.29, 0.717) is 6.04 Å². The lowest BCUT2D eigenvalue weighted by Gasteiger charge is -2.38. The van der Waals surface area contributed by atoms with E-state index < -0.39 is 0 Å². The van der Waals surface area contributed by atoms with Crippen molar-refractivity contribution in [2.75, 3.05) is 44.3 Å². The maximum absolute atomic E-state index is 4.51. The first-order valence-corrected chi connectivity index (χ1v) is 11.1. The molecule has 6 nitrogen and oxygen atoms in total. The van der Waals surface area contributed by atoms with Crippen LogP contribution in [0.3, 0.4) is 0 Å². The van der Waals surface area contributed by atoms with Crippen LogP contribution in [-0.2, 0) is 6.54 Å². The molecule has 2 aromatic rings. The van der Waals surface area contributed by atoms with Gasteiger partial charge in [0.15, 0.2) is 0 Å². The van der Waals surface area contributed by atoms with Gasteiger partial charge in [0.05, 0.1) is 5.69 Å². The van der Waals surface area contributed by atoms with E-state index in [4.69, 9.17) is 0 Å². The molecule has 1 saturated heterocycles. The third kappa shape index (κ3) is 3.81. The maximum Gasteiger partial charge on any atom is 0.208 e. The first kappa shape index (κ1) is 18.0. The van der Waals surface area contributed by atoms with Gasteiger partial charge >= 0.3 is 0 Å². The van der Waals surface area contributed by atoms with Gasteiger partial charge in [-0.05, 0) is 37.0 Å². The summed E-state index contributed by atoms with van der Waals surface area (Å²) >= 11 is 1.70. The number of benzene rings is 1. The Morgan fingerprint density at radius 2 is 2.08 bits per heavy atom. The summed E-state index contributed by atoms with van der Waals surface area (Å²) in [5, 5.41) is 15.3. The van der Waals surface area contributed by atoms with Gasteiger partial charge in [0, 0.05) is 51.1 Å². The highest BCUT2D eigenvalue weighted by atomic mass is 32.1. The van der Waals surface area contributed by atoms with E-state index in [0.717, 1.165) is 63.3 Å². The monoisotopic (exact) mass is 388 g/mol. The summed E-state index contributed by atoms with van der Waals surface area (Å²) in [6.45, 7) is 7.24. The molecule has 1 aromatic heterocycles. The highest BCUT2D eigenvalue weighted by molar-refractivity contribution is 7.48. The van der Waals surface area contributed by atoms with Gasteiger partial charge in [-0.25, -0.2) is 0 Å². The number of aromatic nitrogens is 2. The predicted molar refractivity (Wildman–Crippen MR) is 112 cm³/mol. The number of nitrogens with zero attached hydrogens (tertiary/aromatic N) is 5. The van der Waals surface area contributed by atoms with Crippen molar-refractivity contribution in [2.45, 2.75) is 19.5 Å². The van der Waals surface area contributed by atoms with Crippen molar-refractivity contribution in [3.8, 4) is 0 Å². The first-order chi connectivity index (χ1) is 12.7. The zero-order valence-electron chi connectivity index (χ0n) is 15.3. The second kappa shape index (κ2) is 8.09.